The molecule has 0 saturated carbocycles. The van der Waals surface area contributed by atoms with Crippen LogP contribution in [0.5, 0.6) is 0 Å². The van der Waals surface area contributed by atoms with Crippen molar-refractivity contribution in [2.45, 2.75) is 63.6 Å². The second-order valence-electron chi connectivity index (χ2n) is 5.41. The van der Waals surface area contributed by atoms with Crippen LogP contribution < -0.4 is 5.73 Å². The van der Waals surface area contributed by atoms with Gasteiger partial charge in [0.2, 0.25) is 0 Å². The van der Waals surface area contributed by atoms with Crippen molar-refractivity contribution in [2.75, 3.05) is 19.7 Å². The van der Waals surface area contributed by atoms with Crippen molar-refractivity contribution < 1.29 is 4.74 Å². The molecule has 0 amide bonds. The summed E-state index contributed by atoms with van der Waals surface area (Å²) in [5, 5.41) is 0. The molecule has 0 bridgehead atoms. The second-order valence-corrected chi connectivity index (χ2v) is 5.41. The van der Waals surface area contributed by atoms with Crippen LogP contribution in [0.25, 0.3) is 0 Å². The fourth-order valence-electron chi connectivity index (χ4n) is 3.05. The molecule has 2 fully saturated rings. The van der Waals surface area contributed by atoms with Crippen molar-refractivity contribution in [3.05, 3.63) is 0 Å². The first-order valence-corrected chi connectivity index (χ1v) is 6.88. The van der Waals surface area contributed by atoms with E-state index in [9.17, 15) is 0 Å². The molecule has 2 saturated heterocycles. The molecule has 0 radical (unpaired) electrons. The molecule has 0 aromatic carbocycles. The van der Waals surface area contributed by atoms with Gasteiger partial charge in [-0.2, -0.15) is 0 Å². The Hall–Kier alpha value is -0.120. The van der Waals surface area contributed by atoms with Gasteiger partial charge in [0.05, 0.1) is 6.10 Å². The maximum Gasteiger partial charge on any atom is 0.0702 e. The van der Waals surface area contributed by atoms with E-state index in [-0.39, 0.29) is 0 Å². The summed E-state index contributed by atoms with van der Waals surface area (Å²) >= 11 is 0. The van der Waals surface area contributed by atoms with E-state index in [1.54, 1.807) is 0 Å². The van der Waals surface area contributed by atoms with Crippen molar-refractivity contribution in [1.82, 2.24) is 4.90 Å². The predicted molar refractivity (Wildman–Crippen MR) is 66.5 cm³/mol. The summed E-state index contributed by atoms with van der Waals surface area (Å²) in [5.41, 5.74) is 6.08. The van der Waals surface area contributed by atoms with Gasteiger partial charge in [0.1, 0.15) is 0 Å². The lowest BCUT2D eigenvalue weighted by atomic mass is 9.96. The van der Waals surface area contributed by atoms with Crippen LogP contribution >= 0.6 is 0 Å². The monoisotopic (exact) mass is 226 g/mol. The molecular formula is C13H26N2O. The Bertz CT molecular complexity index is 202. The van der Waals surface area contributed by atoms with Crippen LogP contribution in [0.2, 0.25) is 0 Å². The normalized spacial score (nSPS) is 34.9. The first-order valence-electron chi connectivity index (χ1n) is 6.88. The fourth-order valence-corrected chi connectivity index (χ4v) is 3.05. The summed E-state index contributed by atoms with van der Waals surface area (Å²) in [5.74, 6) is 0. The molecule has 0 aliphatic carbocycles. The lowest BCUT2D eigenvalue weighted by molar-refractivity contribution is -0.0214. The largest absolute Gasteiger partial charge is 0.377 e. The Morgan fingerprint density at radius 3 is 2.75 bits per heavy atom. The van der Waals surface area contributed by atoms with Gasteiger partial charge in [0, 0.05) is 25.2 Å². The van der Waals surface area contributed by atoms with Crippen LogP contribution in [-0.2, 0) is 4.74 Å². The highest BCUT2D eigenvalue weighted by molar-refractivity contribution is 4.85. The summed E-state index contributed by atoms with van der Waals surface area (Å²) in [6.07, 6.45) is 8.22. The number of hydrogen-bond donors (Lipinski definition) is 1. The molecule has 0 spiro atoms. The average Bonchev–Trinajstić information content (AvgIpc) is 2.31. The third-order valence-electron chi connectivity index (χ3n) is 3.98. The highest BCUT2D eigenvalue weighted by Crippen LogP contribution is 2.22. The molecule has 0 aromatic rings. The summed E-state index contributed by atoms with van der Waals surface area (Å²) in [6.45, 7) is 5.42. The van der Waals surface area contributed by atoms with Crippen LogP contribution in [0.3, 0.4) is 0 Å². The number of ether oxygens (including phenoxy) is 1. The highest BCUT2D eigenvalue weighted by atomic mass is 16.5. The third-order valence-corrected chi connectivity index (χ3v) is 3.98. The molecule has 3 nitrogen and oxygen atoms in total. The van der Waals surface area contributed by atoms with Crippen molar-refractivity contribution in [3.63, 3.8) is 0 Å². The van der Waals surface area contributed by atoms with E-state index >= 15 is 0 Å². The van der Waals surface area contributed by atoms with Gasteiger partial charge in [-0.1, -0.05) is 6.42 Å². The van der Waals surface area contributed by atoms with Crippen molar-refractivity contribution in [2.24, 2.45) is 5.73 Å². The maximum absolute atomic E-state index is 6.08. The van der Waals surface area contributed by atoms with Gasteiger partial charge in [-0.05, 0) is 45.6 Å². The SMILES string of the molecule is CC(N)C1CCCCN1CC1CCCCO1. The molecule has 94 valence electrons. The summed E-state index contributed by atoms with van der Waals surface area (Å²) in [4.78, 5) is 2.57. The standard InChI is InChI=1S/C13H26N2O/c1-11(14)13-7-2-4-8-15(13)10-12-6-3-5-9-16-12/h11-13H,2-10,14H2,1H3. The number of piperidine rings is 1. The molecule has 3 heteroatoms. The molecule has 2 aliphatic rings. The smallest absolute Gasteiger partial charge is 0.0702 e. The summed E-state index contributed by atoms with van der Waals surface area (Å²) < 4.78 is 5.83. The van der Waals surface area contributed by atoms with Crippen LogP contribution in [0.4, 0.5) is 0 Å². The van der Waals surface area contributed by atoms with E-state index in [2.05, 4.69) is 11.8 Å². The maximum atomic E-state index is 6.08. The molecule has 2 aliphatic heterocycles. The quantitative estimate of drug-likeness (QED) is 0.797. The first-order chi connectivity index (χ1) is 7.77. The minimum absolute atomic E-state index is 0.295. The van der Waals surface area contributed by atoms with Gasteiger partial charge < -0.3 is 10.5 Å². The van der Waals surface area contributed by atoms with Gasteiger partial charge in [0.15, 0.2) is 0 Å². The number of likely N-dealkylation sites (tertiary alicyclic amines) is 1. The molecule has 2 N–H and O–H groups in total. The average molecular weight is 226 g/mol. The highest BCUT2D eigenvalue weighted by Gasteiger charge is 2.28. The number of nitrogens with zero attached hydrogens (tertiary/aromatic N) is 1. The Morgan fingerprint density at radius 2 is 2.06 bits per heavy atom. The van der Waals surface area contributed by atoms with Crippen LogP contribution in [0, 0.1) is 0 Å². The molecule has 3 atom stereocenters. The Labute approximate surface area is 99.3 Å². The number of rotatable bonds is 3. The van der Waals surface area contributed by atoms with Crippen molar-refractivity contribution in [3.8, 4) is 0 Å². The topological polar surface area (TPSA) is 38.5 Å². The van der Waals surface area contributed by atoms with Gasteiger partial charge in [-0.15, -0.1) is 0 Å². The van der Waals surface area contributed by atoms with Gasteiger partial charge in [-0.25, -0.2) is 0 Å². The molecule has 2 heterocycles. The van der Waals surface area contributed by atoms with Gasteiger partial charge in [-0.3, -0.25) is 4.90 Å². The zero-order chi connectivity index (χ0) is 11.4. The predicted octanol–water partition coefficient (Wildman–Crippen LogP) is 1.76. The summed E-state index contributed by atoms with van der Waals surface area (Å²) in [6, 6.07) is 0.878. The summed E-state index contributed by atoms with van der Waals surface area (Å²) in [7, 11) is 0. The molecule has 2 rings (SSSR count). The Morgan fingerprint density at radius 1 is 1.25 bits per heavy atom. The van der Waals surface area contributed by atoms with E-state index in [0.29, 0.717) is 18.2 Å². The zero-order valence-corrected chi connectivity index (χ0v) is 10.5. The second kappa shape index (κ2) is 5.99. The van der Waals surface area contributed by atoms with Crippen molar-refractivity contribution in [1.29, 1.82) is 0 Å². The third kappa shape index (κ3) is 3.19. The lowest BCUT2D eigenvalue weighted by Crippen LogP contribution is -2.51. The zero-order valence-electron chi connectivity index (χ0n) is 10.5. The number of nitrogens with two attached hydrogens (primary N) is 1. The van der Waals surface area contributed by atoms with Gasteiger partial charge >= 0.3 is 0 Å². The molecule has 0 aromatic heterocycles. The van der Waals surface area contributed by atoms with E-state index in [0.717, 1.165) is 13.2 Å². The Balaban J connectivity index is 1.85. The van der Waals surface area contributed by atoms with E-state index in [1.807, 2.05) is 0 Å². The van der Waals surface area contributed by atoms with Crippen LogP contribution in [0.15, 0.2) is 0 Å². The Kier molecular flexibility index (Phi) is 4.62. The minimum atomic E-state index is 0.295. The van der Waals surface area contributed by atoms with E-state index in [4.69, 9.17) is 10.5 Å². The molecule has 3 unspecified atom stereocenters. The minimum Gasteiger partial charge on any atom is -0.377 e. The van der Waals surface area contributed by atoms with E-state index in [1.165, 1.54) is 45.1 Å². The molecule has 16 heavy (non-hydrogen) atoms. The lowest BCUT2D eigenvalue weighted by Gasteiger charge is -2.40. The molecular weight excluding hydrogens is 200 g/mol. The number of hydrogen-bond acceptors (Lipinski definition) is 3. The first kappa shape index (κ1) is 12.3. The van der Waals surface area contributed by atoms with Crippen LogP contribution in [0.1, 0.15) is 45.4 Å². The van der Waals surface area contributed by atoms with Gasteiger partial charge in [0.25, 0.3) is 0 Å². The van der Waals surface area contributed by atoms with E-state index < -0.39 is 0 Å². The fraction of sp³-hybridized carbons (Fsp3) is 1.00. The van der Waals surface area contributed by atoms with Crippen molar-refractivity contribution >= 4 is 0 Å². The van der Waals surface area contributed by atoms with Crippen LogP contribution in [-0.4, -0.2) is 42.8 Å².